The molecule has 3 rings (SSSR count). The molecule has 2 heterocycles. The summed E-state index contributed by atoms with van der Waals surface area (Å²) >= 11 is 0. The first-order valence-electron chi connectivity index (χ1n) is 7.56. The molecule has 0 bridgehead atoms. The van der Waals surface area contributed by atoms with Crippen LogP contribution in [0, 0.1) is 11.3 Å². The number of hydrogen-bond donors (Lipinski definition) is 1. The molecule has 1 atom stereocenters. The summed E-state index contributed by atoms with van der Waals surface area (Å²) in [7, 11) is 0. The van der Waals surface area contributed by atoms with Gasteiger partial charge in [0.25, 0.3) is 0 Å². The Hall–Kier alpha value is -2.06. The summed E-state index contributed by atoms with van der Waals surface area (Å²) in [4.78, 5) is 16.8. The first kappa shape index (κ1) is 13.9. The number of benzene rings is 1. The zero-order valence-corrected chi connectivity index (χ0v) is 12.1. The van der Waals surface area contributed by atoms with Gasteiger partial charge in [-0.3, -0.25) is 4.79 Å². The van der Waals surface area contributed by atoms with E-state index in [1.165, 1.54) is 0 Å². The van der Waals surface area contributed by atoms with Crippen molar-refractivity contribution in [3.8, 4) is 6.07 Å². The molecular weight excluding hydrogens is 264 g/mol. The van der Waals surface area contributed by atoms with Crippen LogP contribution in [0.25, 0.3) is 0 Å². The molecular formula is C16H20N4O. The van der Waals surface area contributed by atoms with Gasteiger partial charge >= 0.3 is 0 Å². The number of anilines is 1. The Kier molecular flexibility index (Phi) is 4.07. The number of carbonyl (C=O) groups excluding carboxylic acids is 1. The average Bonchev–Trinajstić information content (AvgIpc) is 3.04. The van der Waals surface area contributed by atoms with E-state index < -0.39 is 0 Å². The van der Waals surface area contributed by atoms with Gasteiger partial charge in [0.1, 0.15) is 12.1 Å². The third-order valence-corrected chi connectivity index (χ3v) is 4.30. The number of para-hydroxylation sites is 1. The lowest BCUT2D eigenvalue weighted by atomic mass is 10.1. The first-order valence-corrected chi connectivity index (χ1v) is 7.56. The molecule has 2 aliphatic rings. The molecule has 2 aliphatic heterocycles. The molecule has 0 radical (unpaired) electrons. The molecule has 0 aromatic heterocycles. The number of piperazine rings is 1. The molecule has 0 saturated carbocycles. The zero-order chi connectivity index (χ0) is 14.7. The van der Waals surface area contributed by atoms with Crippen LogP contribution in [0.15, 0.2) is 24.3 Å². The van der Waals surface area contributed by atoms with Gasteiger partial charge in [0, 0.05) is 32.7 Å². The Morgan fingerprint density at radius 1 is 1.24 bits per heavy atom. The minimum Gasteiger partial charge on any atom is -0.358 e. The quantitative estimate of drug-likeness (QED) is 0.879. The largest absolute Gasteiger partial charge is 0.358 e. The van der Waals surface area contributed by atoms with Crippen molar-refractivity contribution in [2.75, 3.05) is 37.6 Å². The summed E-state index contributed by atoms with van der Waals surface area (Å²) in [5, 5.41) is 12.5. The number of amides is 1. The second-order valence-corrected chi connectivity index (χ2v) is 5.56. The molecule has 1 unspecified atom stereocenters. The van der Waals surface area contributed by atoms with E-state index in [1.807, 2.05) is 29.2 Å². The van der Waals surface area contributed by atoms with Gasteiger partial charge in [-0.2, -0.15) is 5.26 Å². The Labute approximate surface area is 125 Å². The van der Waals surface area contributed by atoms with Crippen LogP contribution in [0.1, 0.15) is 18.4 Å². The molecule has 2 saturated heterocycles. The van der Waals surface area contributed by atoms with Gasteiger partial charge in [-0.25, -0.2) is 0 Å². The topological polar surface area (TPSA) is 59.4 Å². The minimum absolute atomic E-state index is 0.113. The van der Waals surface area contributed by atoms with E-state index >= 15 is 0 Å². The number of nitrogens with zero attached hydrogens (tertiary/aromatic N) is 3. The van der Waals surface area contributed by atoms with Crippen molar-refractivity contribution in [2.45, 2.75) is 18.9 Å². The fourth-order valence-electron chi connectivity index (χ4n) is 3.23. The van der Waals surface area contributed by atoms with Crippen molar-refractivity contribution in [3.63, 3.8) is 0 Å². The van der Waals surface area contributed by atoms with Crippen LogP contribution in [0.4, 0.5) is 5.69 Å². The van der Waals surface area contributed by atoms with E-state index in [-0.39, 0.29) is 11.9 Å². The second kappa shape index (κ2) is 6.15. The molecule has 2 fully saturated rings. The molecule has 21 heavy (non-hydrogen) atoms. The highest BCUT2D eigenvalue weighted by Crippen LogP contribution is 2.29. The van der Waals surface area contributed by atoms with E-state index in [1.54, 1.807) is 0 Å². The zero-order valence-electron chi connectivity index (χ0n) is 12.1. The van der Waals surface area contributed by atoms with Crippen molar-refractivity contribution in [1.29, 1.82) is 5.26 Å². The maximum absolute atomic E-state index is 12.8. The molecule has 1 N–H and O–H groups in total. The van der Waals surface area contributed by atoms with Gasteiger partial charge in [0.2, 0.25) is 5.91 Å². The summed E-state index contributed by atoms with van der Waals surface area (Å²) in [6, 6.07) is 9.69. The lowest BCUT2D eigenvalue weighted by Gasteiger charge is -2.34. The van der Waals surface area contributed by atoms with Crippen LogP contribution >= 0.6 is 0 Å². The Morgan fingerprint density at radius 2 is 2.00 bits per heavy atom. The van der Waals surface area contributed by atoms with Crippen molar-refractivity contribution in [1.82, 2.24) is 10.2 Å². The molecule has 1 aromatic carbocycles. The van der Waals surface area contributed by atoms with E-state index in [0.717, 1.165) is 51.3 Å². The summed E-state index contributed by atoms with van der Waals surface area (Å²) < 4.78 is 0. The van der Waals surface area contributed by atoms with E-state index in [0.29, 0.717) is 5.56 Å². The van der Waals surface area contributed by atoms with Gasteiger partial charge in [-0.05, 0) is 25.0 Å². The van der Waals surface area contributed by atoms with Gasteiger partial charge in [0.15, 0.2) is 0 Å². The molecule has 0 spiro atoms. The van der Waals surface area contributed by atoms with Crippen LogP contribution in [0.3, 0.4) is 0 Å². The average molecular weight is 284 g/mol. The Bertz CT molecular complexity index is 560. The monoisotopic (exact) mass is 284 g/mol. The van der Waals surface area contributed by atoms with Crippen LogP contribution in [0.5, 0.6) is 0 Å². The predicted octanol–water partition coefficient (Wildman–Crippen LogP) is 0.959. The molecule has 1 amide bonds. The molecule has 5 nitrogen and oxygen atoms in total. The highest BCUT2D eigenvalue weighted by atomic mass is 16.2. The second-order valence-electron chi connectivity index (χ2n) is 5.56. The van der Waals surface area contributed by atoms with E-state index in [2.05, 4.69) is 16.3 Å². The molecule has 1 aromatic rings. The fourth-order valence-corrected chi connectivity index (χ4v) is 3.23. The highest BCUT2D eigenvalue weighted by Gasteiger charge is 2.34. The van der Waals surface area contributed by atoms with Gasteiger partial charge in [-0.1, -0.05) is 12.1 Å². The van der Waals surface area contributed by atoms with Crippen LogP contribution < -0.4 is 10.2 Å². The lowest BCUT2D eigenvalue weighted by molar-refractivity contribution is -0.132. The lowest BCUT2D eigenvalue weighted by Crippen LogP contribution is -2.52. The summed E-state index contributed by atoms with van der Waals surface area (Å²) in [6.07, 6.45) is 1.88. The number of hydrogen-bond acceptors (Lipinski definition) is 4. The smallest absolute Gasteiger partial charge is 0.245 e. The van der Waals surface area contributed by atoms with E-state index in [4.69, 9.17) is 0 Å². The molecule has 110 valence electrons. The third-order valence-electron chi connectivity index (χ3n) is 4.30. The van der Waals surface area contributed by atoms with Crippen LogP contribution in [-0.4, -0.2) is 49.6 Å². The number of nitriles is 1. The number of rotatable bonds is 2. The third kappa shape index (κ3) is 2.72. The Balaban J connectivity index is 1.82. The van der Waals surface area contributed by atoms with Gasteiger partial charge in [0.05, 0.1) is 11.3 Å². The summed E-state index contributed by atoms with van der Waals surface area (Å²) in [5.74, 6) is 0.210. The molecule has 5 heteroatoms. The highest BCUT2D eigenvalue weighted by molar-refractivity contribution is 5.86. The SMILES string of the molecule is N#Cc1ccccc1N1CCCC1C(=O)N1CCNCC1. The minimum atomic E-state index is -0.113. The fraction of sp³-hybridized carbons (Fsp3) is 0.500. The Morgan fingerprint density at radius 3 is 2.76 bits per heavy atom. The van der Waals surface area contributed by atoms with Crippen LogP contribution in [-0.2, 0) is 4.79 Å². The van der Waals surface area contributed by atoms with Gasteiger partial charge < -0.3 is 15.1 Å². The predicted molar refractivity (Wildman–Crippen MR) is 81.0 cm³/mol. The summed E-state index contributed by atoms with van der Waals surface area (Å²) in [6.45, 7) is 4.15. The standard InChI is InChI=1S/C16H20N4O/c17-12-13-4-1-2-5-14(13)20-9-3-6-15(20)16(21)19-10-7-18-8-11-19/h1-2,4-5,15,18H,3,6-11H2. The van der Waals surface area contributed by atoms with Crippen molar-refractivity contribution >= 4 is 11.6 Å². The van der Waals surface area contributed by atoms with Crippen LogP contribution in [0.2, 0.25) is 0 Å². The van der Waals surface area contributed by atoms with Crippen molar-refractivity contribution in [3.05, 3.63) is 29.8 Å². The maximum Gasteiger partial charge on any atom is 0.245 e. The van der Waals surface area contributed by atoms with Crippen molar-refractivity contribution in [2.24, 2.45) is 0 Å². The van der Waals surface area contributed by atoms with E-state index in [9.17, 15) is 10.1 Å². The number of nitrogens with one attached hydrogen (secondary N) is 1. The summed E-state index contributed by atoms with van der Waals surface area (Å²) in [5.41, 5.74) is 1.54. The van der Waals surface area contributed by atoms with Gasteiger partial charge in [-0.15, -0.1) is 0 Å². The van der Waals surface area contributed by atoms with Crippen molar-refractivity contribution < 1.29 is 4.79 Å². The maximum atomic E-state index is 12.8. The first-order chi connectivity index (χ1) is 10.3. The molecule has 0 aliphatic carbocycles. The number of carbonyl (C=O) groups is 1. The normalized spacial score (nSPS) is 22.1.